The molecule has 1 saturated carbocycles. The van der Waals surface area contributed by atoms with Gasteiger partial charge < -0.3 is 23.2 Å². The van der Waals surface area contributed by atoms with Crippen LogP contribution in [0.3, 0.4) is 0 Å². The van der Waals surface area contributed by atoms with Gasteiger partial charge in [0.1, 0.15) is 0 Å². The van der Waals surface area contributed by atoms with Gasteiger partial charge in [-0.3, -0.25) is 4.68 Å². The van der Waals surface area contributed by atoms with Crippen molar-refractivity contribution in [2.45, 2.75) is 32.2 Å². The largest absolute Gasteiger partial charge is 1.00 e. The van der Waals surface area contributed by atoms with Crippen LogP contribution in [-0.2, 0) is 0 Å². The molecule has 148 valence electrons. The van der Waals surface area contributed by atoms with E-state index >= 15 is 0 Å². The third kappa shape index (κ3) is 4.57. The minimum atomic E-state index is -4.83. The van der Waals surface area contributed by atoms with Crippen LogP contribution in [0.1, 0.15) is 31.5 Å². The van der Waals surface area contributed by atoms with Gasteiger partial charge in [0, 0.05) is 29.4 Å². The van der Waals surface area contributed by atoms with Gasteiger partial charge in [0.2, 0.25) is 0 Å². The summed E-state index contributed by atoms with van der Waals surface area (Å²) in [5.41, 5.74) is 7.62. The molecule has 1 saturated heterocycles. The summed E-state index contributed by atoms with van der Waals surface area (Å²) in [5, 5.41) is 9.01. The second-order valence-corrected chi connectivity index (χ2v) is 7.09. The number of anilines is 1. The van der Waals surface area contributed by atoms with E-state index in [1.165, 1.54) is 12.3 Å². The van der Waals surface area contributed by atoms with Crippen LogP contribution in [0.4, 0.5) is 19.0 Å². The van der Waals surface area contributed by atoms with Crippen molar-refractivity contribution in [1.82, 2.24) is 14.8 Å². The molecule has 2 aliphatic rings. The van der Waals surface area contributed by atoms with Gasteiger partial charge in [-0.15, -0.1) is 26.3 Å². The monoisotopic (exact) mass is 420 g/mol. The topological polar surface area (TPSA) is 80.1 Å². The number of rotatable bonds is 4. The average molecular weight is 421 g/mol. The molecule has 1 aliphatic carbocycles. The molecule has 2 unspecified atom stereocenters. The number of nitrogens with zero attached hydrogens (tertiary/aromatic N) is 4. The van der Waals surface area contributed by atoms with Crippen LogP contribution < -0.4 is 61.9 Å². The number of hydrogen-bond acceptors (Lipinski definition) is 4. The average Bonchev–Trinajstić information content (AvgIpc) is 2.92. The molecule has 0 radical (unpaired) electrons. The second-order valence-electron chi connectivity index (χ2n) is 7.09. The quantitative estimate of drug-likeness (QED) is 0.595. The summed E-state index contributed by atoms with van der Waals surface area (Å²) in [6.45, 7) is 5.81. The summed E-state index contributed by atoms with van der Waals surface area (Å²) in [6, 6.07) is 3.31. The maximum atomic E-state index is 12.5. The number of alkyl halides is 3. The number of aromatic nitrogens is 3. The first kappa shape index (κ1) is 23.6. The maximum absolute atomic E-state index is 12.5. The van der Waals surface area contributed by atoms with E-state index < -0.39 is 12.1 Å². The van der Waals surface area contributed by atoms with Gasteiger partial charge in [-0.25, -0.2) is 4.98 Å². The van der Waals surface area contributed by atoms with E-state index in [0.29, 0.717) is 29.0 Å². The number of pyridine rings is 1. The van der Waals surface area contributed by atoms with Crippen LogP contribution in [-0.4, -0.2) is 34.2 Å². The number of ether oxygens (including phenoxy) is 1. The molecule has 2 N–H and O–H groups in total. The third-order valence-electron chi connectivity index (χ3n) is 5.01. The van der Waals surface area contributed by atoms with Crippen LogP contribution in [0.25, 0.3) is 16.6 Å². The van der Waals surface area contributed by atoms with Crippen molar-refractivity contribution in [3.63, 3.8) is 0 Å². The van der Waals surface area contributed by atoms with Gasteiger partial charge in [0.05, 0.1) is 5.69 Å². The summed E-state index contributed by atoms with van der Waals surface area (Å²) in [6.07, 6.45) is -3.41. The maximum Gasteiger partial charge on any atom is 1.00 e. The molecule has 2 aromatic rings. The SMILES string of the molecule is CC(C)n1nc(-c2cnc(N)c(OC(F)(F)F)c2)cc1C1C2C[N-]CC21.[CH3-].[K+]. The van der Waals surface area contributed by atoms with Crippen molar-refractivity contribution in [3.8, 4) is 17.0 Å². The molecule has 0 bridgehead atoms. The Balaban J connectivity index is 0.00000140. The first-order valence-corrected chi connectivity index (χ1v) is 8.49. The van der Waals surface area contributed by atoms with Crippen molar-refractivity contribution in [2.75, 3.05) is 18.8 Å². The standard InChI is InChI=1S/C17H19F3N5O.CH3.K/c1-8(2)25-13(15-10-6-22-7-11(10)15)4-12(24-25)9-3-14(16(21)23-5-9)26-17(18,19)20;;/h3-5,8,10-11,15H,6-7H2,1-2H3,(H2,21,23);1H3;/q2*-1;+1. The Morgan fingerprint density at radius 2 is 1.89 bits per heavy atom. The van der Waals surface area contributed by atoms with Crippen LogP contribution in [0.2, 0.25) is 0 Å². The Hall–Kier alpha value is -0.654. The van der Waals surface area contributed by atoms with E-state index in [1.807, 2.05) is 24.6 Å². The fourth-order valence-electron chi connectivity index (χ4n) is 3.77. The van der Waals surface area contributed by atoms with Crippen molar-refractivity contribution in [1.29, 1.82) is 0 Å². The van der Waals surface area contributed by atoms with E-state index in [2.05, 4.69) is 20.1 Å². The van der Waals surface area contributed by atoms with Crippen molar-refractivity contribution >= 4 is 5.82 Å². The predicted octanol–water partition coefficient (Wildman–Crippen LogP) is 1.18. The number of fused-ring (bicyclic) bond motifs is 1. The van der Waals surface area contributed by atoms with Crippen LogP contribution in [0.15, 0.2) is 18.3 Å². The number of halogens is 3. The van der Waals surface area contributed by atoms with Gasteiger partial charge in [-0.2, -0.15) is 5.10 Å². The molecule has 2 atom stereocenters. The van der Waals surface area contributed by atoms with Crippen LogP contribution in [0.5, 0.6) is 5.75 Å². The molecule has 0 amide bonds. The van der Waals surface area contributed by atoms with E-state index in [4.69, 9.17) is 5.73 Å². The minimum Gasteiger partial charge on any atom is -0.662 e. The third-order valence-corrected chi connectivity index (χ3v) is 5.01. The van der Waals surface area contributed by atoms with Gasteiger partial charge in [-0.05, 0) is 37.8 Å². The molecule has 4 rings (SSSR count). The van der Waals surface area contributed by atoms with Crippen molar-refractivity contribution < 1.29 is 69.3 Å². The van der Waals surface area contributed by atoms with Gasteiger partial charge in [0.25, 0.3) is 0 Å². The Labute approximate surface area is 204 Å². The van der Waals surface area contributed by atoms with Gasteiger partial charge >= 0.3 is 57.7 Å². The van der Waals surface area contributed by atoms with E-state index in [0.717, 1.165) is 18.8 Å². The summed E-state index contributed by atoms with van der Waals surface area (Å²) >= 11 is 0. The Morgan fingerprint density at radius 3 is 2.46 bits per heavy atom. The predicted molar refractivity (Wildman–Crippen MR) is 96.2 cm³/mol. The Morgan fingerprint density at radius 1 is 1.25 bits per heavy atom. The molecule has 3 heterocycles. The zero-order valence-corrected chi connectivity index (χ0v) is 19.5. The number of nitrogen functional groups attached to an aromatic ring is 1. The first-order chi connectivity index (χ1) is 12.2. The first-order valence-electron chi connectivity index (χ1n) is 8.49. The molecule has 2 aromatic heterocycles. The van der Waals surface area contributed by atoms with Gasteiger partial charge in [0.15, 0.2) is 11.6 Å². The molecule has 1 aliphatic heterocycles. The number of piperidine rings is 1. The molecule has 10 heteroatoms. The summed E-state index contributed by atoms with van der Waals surface area (Å²) in [4.78, 5) is 3.83. The summed E-state index contributed by atoms with van der Waals surface area (Å²) in [7, 11) is 0. The zero-order chi connectivity index (χ0) is 18.6. The molecule has 0 aromatic carbocycles. The van der Waals surface area contributed by atoms with Gasteiger partial charge in [-0.1, -0.05) is 0 Å². The van der Waals surface area contributed by atoms with Crippen LogP contribution >= 0.6 is 0 Å². The molecular formula is C18H22F3KN5O-. The minimum absolute atomic E-state index is 0. The molecule has 6 nitrogen and oxygen atoms in total. The molecule has 2 fully saturated rings. The number of nitrogens with two attached hydrogens (primary N) is 1. The smallest absolute Gasteiger partial charge is 0.662 e. The van der Waals surface area contributed by atoms with Crippen molar-refractivity contribution in [3.05, 3.63) is 36.8 Å². The molecule has 0 spiro atoms. The van der Waals surface area contributed by atoms with E-state index in [-0.39, 0.29) is 70.7 Å². The summed E-state index contributed by atoms with van der Waals surface area (Å²) < 4.78 is 43.5. The molecule has 28 heavy (non-hydrogen) atoms. The van der Waals surface area contributed by atoms with E-state index in [9.17, 15) is 13.2 Å². The number of hydrogen-bond donors (Lipinski definition) is 1. The second kappa shape index (κ2) is 8.61. The Kier molecular flexibility index (Phi) is 7.26. The van der Waals surface area contributed by atoms with Crippen LogP contribution in [0, 0.1) is 19.3 Å². The normalized spacial score (nSPS) is 23.0. The fraction of sp³-hybridized carbons (Fsp3) is 0.500. The zero-order valence-electron chi connectivity index (χ0n) is 16.4. The summed E-state index contributed by atoms with van der Waals surface area (Å²) in [5.74, 6) is 0.714. The fourth-order valence-corrected chi connectivity index (χ4v) is 3.77. The molecular weight excluding hydrogens is 398 g/mol. The Bertz CT molecular complexity index is 829. The van der Waals surface area contributed by atoms with E-state index in [1.54, 1.807) is 0 Å². The van der Waals surface area contributed by atoms with Crippen molar-refractivity contribution in [2.24, 2.45) is 11.8 Å².